The van der Waals surface area contributed by atoms with Gasteiger partial charge in [0.05, 0.1) is 6.67 Å². The second-order valence-corrected chi connectivity index (χ2v) is 10.0. The molecule has 2 saturated heterocycles. The third-order valence-corrected chi connectivity index (χ3v) is 7.43. The first-order valence-electron chi connectivity index (χ1n) is 12.7. The quantitative estimate of drug-likeness (QED) is 0.574. The third-order valence-electron chi connectivity index (χ3n) is 7.43. The maximum atomic E-state index is 13.9. The van der Waals surface area contributed by atoms with Crippen molar-refractivity contribution >= 4 is 29.1 Å². The van der Waals surface area contributed by atoms with Crippen molar-refractivity contribution < 1.29 is 14.4 Å². The minimum Gasteiger partial charge on any atom is -0.339 e. The molecule has 0 unspecified atom stereocenters. The summed E-state index contributed by atoms with van der Waals surface area (Å²) in [6.45, 7) is 5.25. The van der Waals surface area contributed by atoms with E-state index in [1.54, 1.807) is 4.90 Å². The summed E-state index contributed by atoms with van der Waals surface area (Å²) in [5, 5.41) is 2.90. The fourth-order valence-electron chi connectivity index (χ4n) is 5.29. The number of benzene rings is 3. The molecule has 0 bridgehead atoms. The fraction of sp³-hybridized carbons (Fsp3) is 0.300. The lowest BCUT2D eigenvalue weighted by Gasteiger charge is -2.43. The fourth-order valence-corrected chi connectivity index (χ4v) is 5.29. The lowest BCUT2D eigenvalue weighted by Crippen LogP contribution is -2.57. The molecule has 3 aromatic rings. The van der Waals surface area contributed by atoms with Crippen LogP contribution in [-0.2, 0) is 9.59 Å². The minimum absolute atomic E-state index is 0.0131. The van der Waals surface area contributed by atoms with E-state index in [-0.39, 0.29) is 24.3 Å². The largest absolute Gasteiger partial charge is 0.339 e. The Labute approximate surface area is 217 Å². The van der Waals surface area contributed by atoms with Crippen molar-refractivity contribution in [1.29, 1.82) is 0 Å². The van der Waals surface area contributed by atoms with Gasteiger partial charge in [-0.15, -0.1) is 0 Å². The monoisotopic (exact) mass is 496 g/mol. The Balaban J connectivity index is 1.33. The zero-order chi connectivity index (χ0) is 26.0. The summed E-state index contributed by atoms with van der Waals surface area (Å²) in [7, 11) is 0. The van der Waals surface area contributed by atoms with Crippen LogP contribution in [-0.4, -0.2) is 59.4 Å². The highest BCUT2D eigenvalue weighted by atomic mass is 16.2. The van der Waals surface area contributed by atoms with Crippen molar-refractivity contribution in [2.24, 2.45) is 0 Å². The summed E-state index contributed by atoms with van der Waals surface area (Å²) < 4.78 is 0. The number of nitrogens with zero attached hydrogens (tertiary/aromatic N) is 3. The first-order chi connectivity index (χ1) is 17.9. The molecule has 2 fully saturated rings. The van der Waals surface area contributed by atoms with Gasteiger partial charge in [-0.25, -0.2) is 0 Å². The zero-order valence-electron chi connectivity index (χ0n) is 21.3. The third kappa shape index (κ3) is 4.94. The molecule has 0 aromatic heterocycles. The summed E-state index contributed by atoms with van der Waals surface area (Å²) in [5.41, 5.74) is 3.75. The van der Waals surface area contributed by atoms with Crippen LogP contribution < -0.4 is 10.2 Å². The zero-order valence-corrected chi connectivity index (χ0v) is 21.3. The van der Waals surface area contributed by atoms with Crippen LogP contribution in [0.5, 0.6) is 0 Å². The molecule has 0 aliphatic carbocycles. The number of amides is 3. The summed E-state index contributed by atoms with van der Waals surface area (Å²) in [4.78, 5) is 45.4. The predicted octanol–water partition coefficient (Wildman–Crippen LogP) is 4.22. The second kappa shape index (κ2) is 10.1. The number of likely N-dealkylation sites (tertiary alicyclic amines) is 1. The Morgan fingerprint density at radius 1 is 0.838 bits per heavy atom. The number of aryl methyl sites for hydroxylation is 2. The Morgan fingerprint density at radius 2 is 1.43 bits per heavy atom. The molecule has 2 heterocycles. The van der Waals surface area contributed by atoms with Gasteiger partial charge in [0.25, 0.3) is 11.8 Å². The van der Waals surface area contributed by atoms with Crippen molar-refractivity contribution in [3.8, 4) is 0 Å². The van der Waals surface area contributed by atoms with E-state index < -0.39 is 5.54 Å². The molecule has 7 heteroatoms. The molecule has 0 saturated carbocycles. The van der Waals surface area contributed by atoms with Crippen LogP contribution in [0.3, 0.4) is 0 Å². The van der Waals surface area contributed by atoms with Crippen molar-refractivity contribution in [1.82, 2.24) is 9.80 Å². The highest BCUT2D eigenvalue weighted by Gasteiger charge is 2.54. The van der Waals surface area contributed by atoms with Gasteiger partial charge in [-0.1, -0.05) is 53.6 Å². The second-order valence-electron chi connectivity index (χ2n) is 10.0. The molecule has 5 rings (SSSR count). The van der Waals surface area contributed by atoms with Crippen LogP contribution in [0, 0.1) is 13.8 Å². The van der Waals surface area contributed by atoms with E-state index >= 15 is 0 Å². The van der Waals surface area contributed by atoms with Gasteiger partial charge in [0.2, 0.25) is 5.91 Å². The predicted molar refractivity (Wildman–Crippen MR) is 144 cm³/mol. The number of nitrogens with one attached hydrogen (secondary N) is 1. The molecule has 3 aromatic carbocycles. The van der Waals surface area contributed by atoms with Gasteiger partial charge < -0.3 is 20.0 Å². The van der Waals surface area contributed by atoms with Crippen molar-refractivity contribution in [3.05, 3.63) is 95.6 Å². The number of anilines is 2. The SMILES string of the molecule is Cc1ccc(NC(=O)CN2CN(c3ccccc3)C3(CCN(C(=O)c4ccc(C)cc4)CC3)C2=O)cc1. The lowest BCUT2D eigenvalue weighted by atomic mass is 9.85. The maximum absolute atomic E-state index is 13.9. The first kappa shape index (κ1) is 24.6. The van der Waals surface area contributed by atoms with Crippen molar-refractivity contribution in [2.75, 3.05) is 36.5 Å². The number of carbonyl (C=O) groups is 3. The minimum atomic E-state index is -0.782. The Morgan fingerprint density at radius 3 is 2.05 bits per heavy atom. The molecular weight excluding hydrogens is 464 g/mol. The molecule has 0 radical (unpaired) electrons. The number of piperidine rings is 1. The Bertz CT molecular complexity index is 1280. The Kier molecular flexibility index (Phi) is 6.70. The topological polar surface area (TPSA) is 73.0 Å². The average Bonchev–Trinajstić information content (AvgIpc) is 3.17. The van der Waals surface area contributed by atoms with Gasteiger partial charge in [0, 0.05) is 30.0 Å². The summed E-state index contributed by atoms with van der Waals surface area (Å²) in [6.07, 6.45) is 1.02. The number of carbonyl (C=O) groups excluding carboxylic acids is 3. The average molecular weight is 497 g/mol. The van der Waals surface area contributed by atoms with E-state index in [1.807, 2.05) is 97.6 Å². The van der Waals surface area contributed by atoms with Gasteiger partial charge >= 0.3 is 0 Å². The highest BCUT2D eigenvalue weighted by Crippen LogP contribution is 2.39. The maximum Gasteiger partial charge on any atom is 0.253 e. The summed E-state index contributed by atoms with van der Waals surface area (Å²) >= 11 is 0. The summed E-state index contributed by atoms with van der Waals surface area (Å²) in [6, 6.07) is 25.0. The lowest BCUT2D eigenvalue weighted by molar-refractivity contribution is -0.136. The molecule has 7 nitrogen and oxygen atoms in total. The molecular formula is C30H32N4O3. The van der Waals surface area contributed by atoms with Gasteiger partial charge in [0.15, 0.2) is 0 Å². The standard InChI is InChI=1S/C30H32N4O3/c1-22-8-12-24(13-9-22)28(36)32-18-16-30(17-19-32)29(37)33(21-34(30)26-6-4-3-5-7-26)20-27(35)31-25-14-10-23(2)11-15-25/h3-15H,16-21H2,1-2H3,(H,31,35). The van der Waals surface area contributed by atoms with Crippen LogP contribution >= 0.6 is 0 Å². The summed E-state index contributed by atoms with van der Waals surface area (Å²) in [5.74, 6) is -0.298. The van der Waals surface area contributed by atoms with Gasteiger partial charge in [-0.05, 0) is 63.1 Å². The Hall–Kier alpha value is -4.13. The first-order valence-corrected chi connectivity index (χ1v) is 12.7. The molecule has 190 valence electrons. The van der Waals surface area contributed by atoms with Crippen LogP contribution in [0.4, 0.5) is 11.4 Å². The van der Waals surface area contributed by atoms with Gasteiger partial charge in [-0.2, -0.15) is 0 Å². The number of rotatable bonds is 5. The molecule has 37 heavy (non-hydrogen) atoms. The van der Waals surface area contributed by atoms with Crippen molar-refractivity contribution in [2.45, 2.75) is 32.2 Å². The smallest absolute Gasteiger partial charge is 0.253 e. The normalized spacial score (nSPS) is 16.8. The van der Waals surface area contributed by atoms with Crippen LogP contribution in [0.25, 0.3) is 0 Å². The molecule has 0 atom stereocenters. The van der Waals surface area contributed by atoms with Crippen LogP contribution in [0.2, 0.25) is 0 Å². The number of para-hydroxylation sites is 1. The number of hydrogen-bond donors (Lipinski definition) is 1. The molecule has 1 spiro atoms. The van der Waals surface area contributed by atoms with E-state index in [9.17, 15) is 14.4 Å². The van der Waals surface area contributed by atoms with Gasteiger partial charge in [0.1, 0.15) is 12.1 Å². The van der Waals surface area contributed by atoms with E-state index in [4.69, 9.17) is 0 Å². The molecule has 3 amide bonds. The van der Waals surface area contributed by atoms with Crippen LogP contribution in [0.1, 0.15) is 34.3 Å². The van der Waals surface area contributed by atoms with Gasteiger partial charge in [-0.3, -0.25) is 14.4 Å². The van der Waals surface area contributed by atoms with E-state index in [1.165, 1.54) is 0 Å². The van der Waals surface area contributed by atoms with E-state index in [0.717, 1.165) is 16.8 Å². The van der Waals surface area contributed by atoms with E-state index in [0.29, 0.717) is 43.9 Å². The van der Waals surface area contributed by atoms with E-state index in [2.05, 4.69) is 10.2 Å². The molecule has 1 N–H and O–H groups in total. The molecule has 2 aliphatic rings. The molecule has 2 aliphatic heterocycles. The number of hydrogen-bond acceptors (Lipinski definition) is 4. The highest BCUT2D eigenvalue weighted by molar-refractivity contribution is 6.00. The van der Waals surface area contributed by atoms with Crippen molar-refractivity contribution in [3.63, 3.8) is 0 Å². The van der Waals surface area contributed by atoms with Crippen LogP contribution in [0.15, 0.2) is 78.9 Å².